The first kappa shape index (κ1) is 12.3. The molecular weight excluding hydrogens is 282 g/mol. The average molecular weight is 296 g/mol. The Kier molecular flexibility index (Phi) is 4.28. The number of benzene rings is 1. The third-order valence-electron chi connectivity index (χ3n) is 2.50. The van der Waals surface area contributed by atoms with Crippen molar-refractivity contribution in [1.29, 1.82) is 0 Å². The summed E-state index contributed by atoms with van der Waals surface area (Å²) in [5.74, 6) is 1.80. The highest BCUT2D eigenvalue weighted by Gasteiger charge is 2.12. The van der Waals surface area contributed by atoms with E-state index in [4.69, 9.17) is 4.74 Å². The molecule has 0 fully saturated rings. The molecule has 0 saturated carbocycles. The second-order valence-corrected chi connectivity index (χ2v) is 4.14. The molecule has 0 aliphatic carbocycles. The zero-order valence-electron chi connectivity index (χ0n) is 9.64. The molecule has 4 nitrogen and oxygen atoms in total. The van der Waals surface area contributed by atoms with Gasteiger partial charge in [0.2, 0.25) is 0 Å². The highest BCUT2D eigenvalue weighted by molar-refractivity contribution is 9.08. The lowest BCUT2D eigenvalue weighted by molar-refractivity contribution is 0.187. The van der Waals surface area contributed by atoms with Crippen LogP contribution in [0.1, 0.15) is 5.82 Å². The number of rotatable bonds is 5. The molecule has 0 saturated heterocycles. The summed E-state index contributed by atoms with van der Waals surface area (Å²) >= 11 is 3.42. The summed E-state index contributed by atoms with van der Waals surface area (Å²) in [6.45, 7) is 1.41. The molecule has 0 spiro atoms. The van der Waals surface area contributed by atoms with Crippen molar-refractivity contribution in [3.63, 3.8) is 0 Å². The lowest BCUT2D eigenvalue weighted by Crippen LogP contribution is -2.09. The number of methoxy groups -OCH3 is 1. The van der Waals surface area contributed by atoms with Crippen molar-refractivity contribution in [2.45, 2.75) is 11.9 Å². The topological polar surface area (TPSA) is 39.9 Å². The molecular formula is C12H14BrN3O. The summed E-state index contributed by atoms with van der Waals surface area (Å²) in [5.41, 5.74) is 1.07. The minimum absolute atomic E-state index is 0.651. The van der Waals surface area contributed by atoms with Crippen molar-refractivity contribution in [2.75, 3.05) is 13.7 Å². The Balaban J connectivity index is 2.36. The van der Waals surface area contributed by atoms with E-state index in [-0.39, 0.29) is 0 Å². The summed E-state index contributed by atoms with van der Waals surface area (Å²) in [6.07, 6.45) is 0. The molecule has 17 heavy (non-hydrogen) atoms. The smallest absolute Gasteiger partial charge is 0.164 e. The van der Waals surface area contributed by atoms with Gasteiger partial charge in [-0.3, -0.25) is 0 Å². The first-order chi connectivity index (χ1) is 8.36. The number of hydrogen-bond acceptors (Lipinski definition) is 3. The molecule has 1 aromatic heterocycles. The quantitative estimate of drug-likeness (QED) is 0.796. The Hall–Kier alpha value is -1.20. The Morgan fingerprint density at radius 1 is 1.24 bits per heavy atom. The van der Waals surface area contributed by atoms with E-state index in [9.17, 15) is 0 Å². The van der Waals surface area contributed by atoms with Gasteiger partial charge in [-0.15, -0.1) is 10.2 Å². The van der Waals surface area contributed by atoms with E-state index in [1.807, 2.05) is 30.3 Å². The molecule has 90 valence electrons. The molecule has 0 atom stereocenters. The van der Waals surface area contributed by atoms with Gasteiger partial charge < -0.3 is 9.30 Å². The first-order valence-electron chi connectivity index (χ1n) is 5.39. The fourth-order valence-corrected chi connectivity index (χ4v) is 2.07. The van der Waals surface area contributed by atoms with E-state index >= 15 is 0 Å². The van der Waals surface area contributed by atoms with Crippen molar-refractivity contribution in [3.8, 4) is 11.4 Å². The van der Waals surface area contributed by atoms with Crippen LogP contribution in [0.15, 0.2) is 30.3 Å². The molecule has 1 aromatic carbocycles. The van der Waals surface area contributed by atoms with Gasteiger partial charge in [0, 0.05) is 19.2 Å². The molecule has 0 aliphatic rings. The van der Waals surface area contributed by atoms with E-state index in [1.54, 1.807) is 7.11 Å². The van der Waals surface area contributed by atoms with E-state index in [0.29, 0.717) is 11.9 Å². The van der Waals surface area contributed by atoms with Gasteiger partial charge in [0.05, 0.1) is 11.9 Å². The largest absolute Gasteiger partial charge is 0.383 e. The van der Waals surface area contributed by atoms with Crippen LogP contribution < -0.4 is 0 Å². The number of halogens is 1. The van der Waals surface area contributed by atoms with Gasteiger partial charge in [-0.05, 0) is 0 Å². The molecule has 0 amide bonds. The highest BCUT2D eigenvalue weighted by atomic mass is 79.9. The number of ether oxygens (including phenoxy) is 1. The molecule has 0 radical (unpaired) electrons. The third kappa shape index (κ3) is 2.73. The lowest BCUT2D eigenvalue weighted by Gasteiger charge is -2.08. The van der Waals surface area contributed by atoms with Gasteiger partial charge in [-0.2, -0.15) is 0 Å². The van der Waals surface area contributed by atoms with Gasteiger partial charge in [0.1, 0.15) is 5.82 Å². The van der Waals surface area contributed by atoms with Crippen LogP contribution in [0.5, 0.6) is 0 Å². The van der Waals surface area contributed by atoms with Gasteiger partial charge in [0.15, 0.2) is 5.82 Å². The van der Waals surface area contributed by atoms with Crippen LogP contribution in [0, 0.1) is 0 Å². The minimum atomic E-state index is 0.651. The Morgan fingerprint density at radius 2 is 2.00 bits per heavy atom. The van der Waals surface area contributed by atoms with Crippen LogP contribution in [-0.4, -0.2) is 28.5 Å². The number of alkyl halides is 1. The van der Waals surface area contributed by atoms with Crippen molar-refractivity contribution < 1.29 is 4.74 Å². The molecule has 2 aromatic rings. The maximum atomic E-state index is 5.11. The molecule has 2 rings (SSSR count). The summed E-state index contributed by atoms with van der Waals surface area (Å²) in [7, 11) is 1.69. The van der Waals surface area contributed by atoms with Crippen LogP contribution in [0.25, 0.3) is 11.4 Å². The maximum absolute atomic E-state index is 5.11. The lowest BCUT2D eigenvalue weighted by atomic mass is 10.2. The molecule has 1 heterocycles. The summed E-state index contributed by atoms with van der Waals surface area (Å²) in [6, 6.07) is 10.1. The second kappa shape index (κ2) is 5.93. The predicted molar refractivity (Wildman–Crippen MR) is 70.0 cm³/mol. The first-order valence-corrected chi connectivity index (χ1v) is 6.51. The SMILES string of the molecule is COCCn1c(CBr)nnc1-c1ccccc1. The Labute approximate surface area is 109 Å². The summed E-state index contributed by atoms with van der Waals surface area (Å²) < 4.78 is 7.19. The molecule has 0 aliphatic heterocycles. The van der Waals surface area contributed by atoms with Crippen molar-refractivity contribution in [3.05, 3.63) is 36.2 Å². The van der Waals surface area contributed by atoms with Gasteiger partial charge in [-0.1, -0.05) is 46.3 Å². The zero-order chi connectivity index (χ0) is 12.1. The number of hydrogen-bond donors (Lipinski definition) is 0. The normalized spacial score (nSPS) is 10.7. The minimum Gasteiger partial charge on any atom is -0.383 e. The fourth-order valence-electron chi connectivity index (χ4n) is 1.65. The van der Waals surface area contributed by atoms with Crippen LogP contribution in [0.4, 0.5) is 0 Å². The molecule has 5 heteroatoms. The van der Waals surface area contributed by atoms with Gasteiger partial charge >= 0.3 is 0 Å². The van der Waals surface area contributed by atoms with Crippen LogP contribution in [0.3, 0.4) is 0 Å². The van der Waals surface area contributed by atoms with Gasteiger partial charge in [0.25, 0.3) is 0 Å². The molecule has 0 N–H and O–H groups in total. The van der Waals surface area contributed by atoms with E-state index in [1.165, 1.54) is 0 Å². The molecule has 0 unspecified atom stereocenters. The summed E-state index contributed by atoms with van der Waals surface area (Å²) in [4.78, 5) is 0. The number of aromatic nitrogens is 3. The monoisotopic (exact) mass is 295 g/mol. The standard InChI is InChI=1S/C12H14BrN3O/c1-17-8-7-16-11(9-13)14-15-12(16)10-5-3-2-4-6-10/h2-6H,7-9H2,1H3. The zero-order valence-corrected chi connectivity index (χ0v) is 11.2. The second-order valence-electron chi connectivity index (χ2n) is 3.58. The molecule has 0 bridgehead atoms. The van der Waals surface area contributed by atoms with Crippen molar-refractivity contribution in [1.82, 2.24) is 14.8 Å². The third-order valence-corrected chi connectivity index (χ3v) is 3.00. The van der Waals surface area contributed by atoms with E-state index < -0.39 is 0 Å². The highest BCUT2D eigenvalue weighted by Crippen LogP contribution is 2.18. The van der Waals surface area contributed by atoms with E-state index in [0.717, 1.165) is 23.8 Å². The predicted octanol–water partition coefficient (Wildman–Crippen LogP) is 2.49. The Bertz CT molecular complexity index is 470. The maximum Gasteiger partial charge on any atom is 0.164 e. The van der Waals surface area contributed by atoms with Crippen molar-refractivity contribution in [2.24, 2.45) is 0 Å². The number of nitrogens with zero attached hydrogens (tertiary/aromatic N) is 3. The average Bonchev–Trinajstić information content (AvgIpc) is 2.80. The van der Waals surface area contributed by atoms with Crippen molar-refractivity contribution >= 4 is 15.9 Å². The fraction of sp³-hybridized carbons (Fsp3) is 0.333. The van der Waals surface area contributed by atoms with Crippen LogP contribution in [0.2, 0.25) is 0 Å². The van der Waals surface area contributed by atoms with E-state index in [2.05, 4.69) is 30.7 Å². The van der Waals surface area contributed by atoms with Gasteiger partial charge in [-0.25, -0.2) is 0 Å². The Morgan fingerprint density at radius 3 is 2.65 bits per heavy atom. The van der Waals surface area contributed by atoms with Crippen LogP contribution >= 0.6 is 15.9 Å². The van der Waals surface area contributed by atoms with Crippen LogP contribution in [-0.2, 0) is 16.6 Å². The summed E-state index contributed by atoms with van der Waals surface area (Å²) in [5, 5.41) is 9.10.